The number of halogens is 1. The van der Waals surface area contributed by atoms with E-state index in [0.717, 1.165) is 23.9 Å². The number of hydrogen-bond acceptors (Lipinski definition) is 1. The highest BCUT2D eigenvalue weighted by molar-refractivity contribution is 9.09. The van der Waals surface area contributed by atoms with Crippen molar-refractivity contribution in [2.24, 2.45) is 16.7 Å². The highest BCUT2D eigenvalue weighted by Crippen LogP contribution is 2.68. The van der Waals surface area contributed by atoms with E-state index >= 15 is 0 Å². The average Bonchev–Trinajstić information content (AvgIpc) is 2.77. The molecule has 2 rings (SSSR count). The van der Waals surface area contributed by atoms with Crippen molar-refractivity contribution >= 4 is 27.5 Å². The highest BCUT2D eigenvalue weighted by atomic mass is 79.9. The van der Waals surface area contributed by atoms with Gasteiger partial charge in [0.1, 0.15) is 0 Å². The summed E-state index contributed by atoms with van der Waals surface area (Å²) in [4.78, 5) is 12.4. The second-order valence-corrected chi connectivity index (χ2v) is 7.65. The molecule has 0 unspecified atom stereocenters. The molecule has 2 nitrogen and oxygen atoms in total. The molecular formula is C17H24BrNO. The number of carbonyl (C=O) groups is 1. The molecule has 3 heteroatoms. The fourth-order valence-corrected chi connectivity index (χ4v) is 3.42. The molecule has 0 saturated heterocycles. The Hall–Kier alpha value is -0.830. The maximum Gasteiger partial charge on any atom is 0.228 e. The summed E-state index contributed by atoms with van der Waals surface area (Å²) in [6, 6.07) is 8.19. The van der Waals surface area contributed by atoms with Gasteiger partial charge in [-0.1, -0.05) is 55.8 Å². The SMILES string of the molecule is CC1(C)C(C(=O)Nc2cccc(CCCBr)c2)C1(C)C. The molecular weight excluding hydrogens is 314 g/mol. The summed E-state index contributed by atoms with van der Waals surface area (Å²) in [5.41, 5.74) is 2.37. The van der Waals surface area contributed by atoms with Crippen LogP contribution in [-0.2, 0) is 11.2 Å². The predicted octanol–water partition coefficient (Wildman–Crippen LogP) is 4.63. The third kappa shape index (κ3) is 2.78. The molecule has 1 amide bonds. The Balaban J connectivity index is 2.02. The summed E-state index contributed by atoms with van der Waals surface area (Å²) in [6.45, 7) is 8.68. The van der Waals surface area contributed by atoms with Gasteiger partial charge in [-0.25, -0.2) is 0 Å². The van der Waals surface area contributed by atoms with E-state index in [1.807, 2.05) is 12.1 Å². The molecule has 1 saturated carbocycles. The zero-order valence-electron chi connectivity index (χ0n) is 12.8. The minimum Gasteiger partial charge on any atom is -0.326 e. The summed E-state index contributed by atoms with van der Waals surface area (Å²) < 4.78 is 0. The van der Waals surface area contributed by atoms with Crippen molar-refractivity contribution in [2.45, 2.75) is 40.5 Å². The van der Waals surface area contributed by atoms with Crippen molar-refractivity contribution < 1.29 is 4.79 Å². The number of anilines is 1. The van der Waals surface area contributed by atoms with Crippen LogP contribution in [0.15, 0.2) is 24.3 Å². The lowest BCUT2D eigenvalue weighted by molar-refractivity contribution is -0.118. The van der Waals surface area contributed by atoms with Crippen molar-refractivity contribution in [3.05, 3.63) is 29.8 Å². The van der Waals surface area contributed by atoms with Crippen molar-refractivity contribution in [3.8, 4) is 0 Å². The van der Waals surface area contributed by atoms with Gasteiger partial charge in [0, 0.05) is 16.9 Å². The van der Waals surface area contributed by atoms with Crippen LogP contribution >= 0.6 is 15.9 Å². The van der Waals surface area contributed by atoms with Crippen LogP contribution in [0.5, 0.6) is 0 Å². The predicted molar refractivity (Wildman–Crippen MR) is 88.2 cm³/mol. The molecule has 1 fully saturated rings. The van der Waals surface area contributed by atoms with Crippen LogP contribution in [0, 0.1) is 16.7 Å². The van der Waals surface area contributed by atoms with Gasteiger partial charge in [-0.05, 0) is 41.4 Å². The number of carbonyl (C=O) groups excluding carboxylic acids is 1. The van der Waals surface area contributed by atoms with E-state index in [1.54, 1.807) is 0 Å². The van der Waals surface area contributed by atoms with Crippen molar-refractivity contribution in [1.29, 1.82) is 0 Å². The molecule has 0 atom stereocenters. The van der Waals surface area contributed by atoms with E-state index in [0.29, 0.717) is 0 Å². The summed E-state index contributed by atoms with van der Waals surface area (Å²) in [5.74, 6) is 0.249. The topological polar surface area (TPSA) is 29.1 Å². The Morgan fingerprint density at radius 3 is 2.45 bits per heavy atom. The lowest BCUT2D eigenvalue weighted by atomic mass is 10.0. The van der Waals surface area contributed by atoms with Crippen molar-refractivity contribution in [1.82, 2.24) is 0 Å². The van der Waals surface area contributed by atoms with Gasteiger partial charge in [-0.2, -0.15) is 0 Å². The molecule has 0 aromatic heterocycles. The molecule has 1 aromatic rings. The van der Waals surface area contributed by atoms with E-state index in [2.05, 4.69) is 61.1 Å². The largest absolute Gasteiger partial charge is 0.326 e. The Morgan fingerprint density at radius 2 is 1.90 bits per heavy atom. The van der Waals surface area contributed by atoms with Crippen LogP contribution < -0.4 is 5.32 Å². The molecule has 0 bridgehead atoms. The third-order valence-corrected chi connectivity index (χ3v) is 5.64. The minimum absolute atomic E-state index is 0.0880. The second kappa shape index (κ2) is 5.51. The monoisotopic (exact) mass is 337 g/mol. The third-order valence-electron chi connectivity index (χ3n) is 5.08. The first-order valence-corrected chi connectivity index (χ1v) is 8.38. The van der Waals surface area contributed by atoms with E-state index in [-0.39, 0.29) is 22.7 Å². The van der Waals surface area contributed by atoms with Crippen LogP contribution in [0.2, 0.25) is 0 Å². The molecule has 0 heterocycles. The van der Waals surface area contributed by atoms with Crippen LogP contribution in [0.1, 0.15) is 39.7 Å². The van der Waals surface area contributed by atoms with E-state index < -0.39 is 0 Å². The van der Waals surface area contributed by atoms with E-state index in [4.69, 9.17) is 0 Å². The zero-order chi connectivity index (χ0) is 15.0. The second-order valence-electron chi connectivity index (χ2n) is 6.86. The number of rotatable bonds is 5. The van der Waals surface area contributed by atoms with Gasteiger partial charge in [0.25, 0.3) is 0 Å². The summed E-state index contributed by atoms with van der Waals surface area (Å²) >= 11 is 3.45. The molecule has 0 spiro atoms. The maximum absolute atomic E-state index is 12.4. The van der Waals surface area contributed by atoms with Gasteiger partial charge >= 0.3 is 0 Å². The summed E-state index contributed by atoms with van der Waals surface area (Å²) in [7, 11) is 0. The molecule has 20 heavy (non-hydrogen) atoms. The Bertz CT molecular complexity index is 493. The number of hydrogen-bond donors (Lipinski definition) is 1. The lowest BCUT2D eigenvalue weighted by Crippen LogP contribution is -2.17. The number of aryl methyl sites for hydroxylation is 1. The fourth-order valence-electron chi connectivity index (χ4n) is 3.14. The number of alkyl halides is 1. The first-order valence-electron chi connectivity index (χ1n) is 7.26. The number of amides is 1. The Labute approximate surface area is 130 Å². The van der Waals surface area contributed by atoms with Gasteiger partial charge in [-0.15, -0.1) is 0 Å². The Kier molecular flexibility index (Phi) is 4.29. The molecule has 0 aliphatic heterocycles. The van der Waals surface area contributed by atoms with Gasteiger partial charge < -0.3 is 5.32 Å². The van der Waals surface area contributed by atoms with Crippen molar-refractivity contribution in [3.63, 3.8) is 0 Å². The van der Waals surface area contributed by atoms with Gasteiger partial charge in [-0.3, -0.25) is 4.79 Å². The Morgan fingerprint density at radius 1 is 1.25 bits per heavy atom. The van der Waals surface area contributed by atoms with Gasteiger partial charge in [0.05, 0.1) is 0 Å². The van der Waals surface area contributed by atoms with Crippen molar-refractivity contribution in [2.75, 3.05) is 10.6 Å². The fraction of sp³-hybridized carbons (Fsp3) is 0.588. The molecule has 110 valence electrons. The molecule has 1 aliphatic carbocycles. The van der Waals surface area contributed by atoms with Crippen LogP contribution in [0.4, 0.5) is 5.69 Å². The summed E-state index contributed by atoms with van der Waals surface area (Å²) in [6.07, 6.45) is 2.15. The molecule has 1 aromatic carbocycles. The standard InChI is InChI=1S/C17H24BrNO/c1-16(2)14(17(16,3)4)15(20)19-13-9-5-7-12(11-13)8-6-10-18/h5,7,9,11,14H,6,8,10H2,1-4H3,(H,19,20). The lowest BCUT2D eigenvalue weighted by Gasteiger charge is -2.08. The van der Waals surface area contributed by atoms with Gasteiger partial charge in [0.15, 0.2) is 0 Å². The van der Waals surface area contributed by atoms with E-state index in [1.165, 1.54) is 5.56 Å². The number of nitrogens with one attached hydrogen (secondary N) is 1. The van der Waals surface area contributed by atoms with Crippen LogP contribution in [0.25, 0.3) is 0 Å². The highest BCUT2D eigenvalue weighted by Gasteiger charge is 2.68. The molecule has 1 N–H and O–H groups in total. The van der Waals surface area contributed by atoms with Crippen LogP contribution in [0.3, 0.4) is 0 Å². The normalized spacial score (nSPS) is 19.6. The maximum atomic E-state index is 12.4. The smallest absolute Gasteiger partial charge is 0.228 e. The summed E-state index contributed by atoms with van der Waals surface area (Å²) in [5, 5.41) is 4.09. The zero-order valence-corrected chi connectivity index (χ0v) is 14.4. The average molecular weight is 338 g/mol. The van der Waals surface area contributed by atoms with E-state index in [9.17, 15) is 4.79 Å². The van der Waals surface area contributed by atoms with Gasteiger partial charge in [0.2, 0.25) is 5.91 Å². The molecule has 0 radical (unpaired) electrons. The quantitative estimate of drug-likeness (QED) is 0.779. The minimum atomic E-state index is 0.0880. The first-order chi connectivity index (χ1) is 9.30. The number of benzene rings is 1. The molecule has 1 aliphatic rings. The first kappa shape index (κ1) is 15.6. The van der Waals surface area contributed by atoms with Crippen LogP contribution in [-0.4, -0.2) is 11.2 Å².